The van der Waals surface area contributed by atoms with Crippen molar-refractivity contribution in [2.24, 2.45) is 5.73 Å². The molecule has 0 aliphatic heterocycles. The maximum atomic E-state index is 12.7. The van der Waals surface area contributed by atoms with Crippen molar-refractivity contribution in [1.82, 2.24) is 15.0 Å². The third-order valence-corrected chi connectivity index (χ3v) is 4.56. The summed E-state index contributed by atoms with van der Waals surface area (Å²) < 4.78 is 38.0. The Morgan fingerprint density at radius 2 is 1.68 bits per heavy atom. The van der Waals surface area contributed by atoms with E-state index in [1.54, 1.807) is 12.1 Å². The van der Waals surface area contributed by atoms with E-state index < -0.39 is 29.6 Å². The molecule has 34 heavy (non-hydrogen) atoms. The molecule has 0 saturated heterocycles. The molecule has 0 bridgehead atoms. The van der Waals surface area contributed by atoms with Crippen molar-refractivity contribution in [2.75, 3.05) is 17.7 Å². The van der Waals surface area contributed by atoms with E-state index in [9.17, 15) is 32.8 Å². The summed E-state index contributed by atoms with van der Waals surface area (Å²) in [5, 5.41) is 14.4. The molecule has 1 heterocycles. The Morgan fingerprint density at radius 1 is 1.06 bits per heavy atom. The molecular formula is C21H19F3N6O4. The number of nitrogens with zero attached hydrogens (tertiary/aromatic N) is 2. The number of aromatic amines is 1. The van der Waals surface area contributed by atoms with Crippen molar-refractivity contribution < 1.29 is 32.8 Å². The summed E-state index contributed by atoms with van der Waals surface area (Å²) >= 11 is 0. The summed E-state index contributed by atoms with van der Waals surface area (Å²) in [6.45, 7) is 0. The van der Waals surface area contributed by atoms with Gasteiger partial charge >= 0.3 is 12.2 Å². The van der Waals surface area contributed by atoms with Crippen LogP contribution in [0.1, 0.15) is 37.8 Å². The smallest absolute Gasteiger partial charge is 0.364 e. The number of imidazole rings is 1. The third-order valence-electron chi connectivity index (χ3n) is 4.56. The number of hydrogen-bond acceptors (Lipinski definition) is 5. The molecule has 4 amide bonds. The van der Waals surface area contributed by atoms with Gasteiger partial charge in [0.1, 0.15) is 11.6 Å². The molecule has 0 spiro atoms. The number of nitrogens with one attached hydrogen (secondary N) is 3. The molecule has 0 saturated carbocycles. The number of H-pyrrole nitrogens is 1. The Morgan fingerprint density at radius 3 is 2.21 bits per heavy atom. The predicted octanol–water partition coefficient (Wildman–Crippen LogP) is 3.22. The Labute approximate surface area is 190 Å². The first-order chi connectivity index (χ1) is 15.9. The van der Waals surface area contributed by atoms with Gasteiger partial charge in [-0.05, 0) is 42.0 Å². The van der Waals surface area contributed by atoms with Gasteiger partial charge in [-0.15, -0.1) is 0 Å². The summed E-state index contributed by atoms with van der Waals surface area (Å²) in [4.78, 5) is 42.6. The lowest BCUT2D eigenvalue weighted by Crippen LogP contribution is -2.22. The van der Waals surface area contributed by atoms with Crippen LogP contribution in [-0.4, -0.2) is 45.1 Å². The minimum Gasteiger partial charge on any atom is -0.364 e. The molecule has 0 aliphatic carbocycles. The Hall–Kier alpha value is -4.39. The molecule has 3 aromatic rings. The summed E-state index contributed by atoms with van der Waals surface area (Å²) in [6, 6.07) is 9.19. The van der Waals surface area contributed by atoms with E-state index in [2.05, 4.69) is 20.6 Å². The monoisotopic (exact) mass is 476 g/mol. The molecule has 0 unspecified atom stereocenters. The van der Waals surface area contributed by atoms with Crippen LogP contribution >= 0.6 is 0 Å². The van der Waals surface area contributed by atoms with E-state index in [0.29, 0.717) is 10.6 Å². The molecule has 0 atom stereocenters. The van der Waals surface area contributed by atoms with Crippen molar-refractivity contribution in [3.8, 4) is 0 Å². The van der Waals surface area contributed by atoms with Gasteiger partial charge in [0.25, 0.3) is 11.8 Å². The van der Waals surface area contributed by atoms with Gasteiger partial charge in [-0.3, -0.25) is 20.1 Å². The summed E-state index contributed by atoms with van der Waals surface area (Å²) in [6.07, 6.45) is -4.32. The number of benzene rings is 2. The van der Waals surface area contributed by atoms with Crippen molar-refractivity contribution in [2.45, 2.75) is 12.6 Å². The second kappa shape index (κ2) is 9.62. The van der Waals surface area contributed by atoms with Crippen molar-refractivity contribution in [3.05, 3.63) is 76.7 Å². The Kier molecular flexibility index (Phi) is 6.86. The number of amides is 4. The lowest BCUT2D eigenvalue weighted by Gasteiger charge is -2.09. The molecule has 2 aromatic carbocycles. The molecule has 3 rings (SSSR count). The summed E-state index contributed by atoms with van der Waals surface area (Å²) in [7, 11) is 1.20. The lowest BCUT2D eigenvalue weighted by molar-refractivity contribution is -0.137. The minimum absolute atomic E-state index is 0.0917. The summed E-state index contributed by atoms with van der Waals surface area (Å²) in [5.74, 6) is -1.33. The van der Waals surface area contributed by atoms with E-state index >= 15 is 0 Å². The highest BCUT2D eigenvalue weighted by atomic mass is 19.4. The number of urea groups is 1. The average molecular weight is 476 g/mol. The van der Waals surface area contributed by atoms with Crippen LogP contribution in [0.3, 0.4) is 0 Å². The molecule has 0 aliphatic rings. The normalized spacial score (nSPS) is 11.1. The van der Waals surface area contributed by atoms with E-state index in [1.807, 2.05) is 0 Å². The van der Waals surface area contributed by atoms with Crippen molar-refractivity contribution in [1.29, 1.82) is 0 Å². The van der Waals surface area contributed by atoms with Gasteiger partial charge in [0.05, 0.1) is 5.56 Å². The number of halogens is 3. The topological polar surface area (TPSA) is 153 Å². The van der Waals surface area contributed by atoms with E-state index in [0.717, 1.165) is 24.3 Å². The number of hydroxylamine groups is 2. The van der Waals surface area contributed by atoms with E-state index in [1.165, 1.54) is 19.2 Å². The molecule has 6 N–H and O–H groups in total. The summed E-state index contributed by atoms with van der Waals surface area (Å²) in [5.41, 5.74) is 5.26. The van der Waals surface area contributed by atoms with Crippen LogP contribution in [0.4, 0.5) is 29.5 Å². The minimum atomic E-state index is -4.51. The highest BCUT2D eigenvalue weighted by molar-refractivity contribution is 6.04. The quantitative estimate of drug-likeness (QED) is 0.273. The first kappa shape index (κ1) is 24.3. The number of alkyl halides is 3. The fraction of sp³-hybridized carbons (Fsp3) is 0.143. The largest absolute Gasteiger partial charge is 0.416 e. The number of carbonyl (C=O) groups excluding carboxylic acids is 3. The van der Waals surface area contributed by atoms with Gasteiger partial charge < -0.3 is 16.0 Å². The van der Waals surface area contributed by atoms with Crippen molar-refractivity contribution >= 4 is 29.4 Å². The number of nitrogens with two attached hydrogens (primary N) is 1. The molecule has 178 valence electrons. The van der Waals surface area contributed by atoms with E-state index in [4.69, 9.17) is 5.73 Å². The average Bonchev–Trinajstić information content (AvgIpc) is 3.15. The van der Waals surface area contributed by atoms with Crippen LogP contribution in [0.25, 0.3) is 0 Å². The number of carbonyl (C=O) groups is 3. The van der Waals surface area contributed by atoms with Crippen LogP contribution in [0.15, 0.2) is 48.5 Å². The molecule has 13 heteroatoms. The zero-order chi connectivity index (χ0) is 25.0. The number of anilines is 2. The molecule has 10 nitrogen and oxygen atoms in total. The van der Waals surface area contributed by atoms with Crippen LogP contribution in [0.5, 0.6) is 0 Å². The zero-order valence-electron chi connectivity index (χ0n) is 17.6. The molecule has 0 fully saturated rings. The maximum absolute atomic E-state index is 12.7. The highest BCUT2D eigenvalue weighted by Crippen LogP contribution is 2.29. The number of rotatable bonds is 6. The fourth-order valence-corrected chi connectivity index (χ4v) is 2.94. The second-order valence-electron chi connectivity index (χ2n) is 7.13. The van der Waals surface area contributed by atoms with Crippen molar-refractivity contribution in [3.63, 3.8) is 0 Å². The zero-order valence-corrected chi connectivity index (χ0v) is 17.6. The lowest BCUT2D eigenvalue weighted by atomic mass is 10.1. The van der Waals surface area contributed by atoms with Gasteiger partial charge in [-0.25, -0.2) is 14.8 Å². The Bertz CT molecular complexity index is 1200. The molecular weight excluding hydrogens is 457 g/mol. The van der Waals surface area contributed by atoms with Gasteiger partial charge in [0.15, 0.2) is 5.69 Å². The van der Waals surface area contributed by atoms with Gasteiger partial charge in [-0.1, -0.05) is 12.1 Å². The maximum Gasteiger partial charge on any atom is 0.416 e. The third kappa shape index (κ3) is 5.89. The van der Waals surface area contributed by atoms with Gasteiger partial charge in [0, 0.05) is 24.7 Å². The molecule has 0 radical (unpaired) electrons. The van der Waals surface area contributed by atoms with Crippen LogP contribution < -0.4 is 16.4 Å². The SMILES string of the molecule is CN(O)C(=O)c1ccc(Cc2nc(C(N)=O)c(NC(=O)Nc3ccc(C(F)(F)F)cc3)[nH]2)cc1. The first-order valence-electron chi connectivity index (χ1n) is 9.64. The molecule has 1 aromatic heterocycles. The standard InChI is InChI=1S/C21H19F3N6O4/c1-30(34)19(32)12-4-2-11(3-5-12)10-15-27-16(17(25)31)18(28-15)29-20(33)26-14-8-6-13(7-9-14)21(22,23)24/h2-9,34H,10H2,1H3,(H2,25,31)(H,27,28)(H2,26,29,33). The van der Waals surface area contributed by atoms with Crippen LogP contribution in [-0.2, 0) is 12.6 Å². The fourth-order valence-electron chi connectivity index (χ4n) is 2.94. The number of hydrogen-bond donors (Lipinski definition) is 5. The highest BCUT2D eigenvalue weighted by Gasteiger charge is 2.30. The van der Waals surface area contributed by atoms with Gasteiger partial charge in [0.2, 0.25) is 0 Å². The van der Waals surface area contributed by atoms with Crippen LogP contribution in [0, 0.1) is 0 Å². The predicted molar refractivity (Wildman–Crippen MR) is 114 cm³/mol. The first-order valence-corrected chi connectivity index (χ1v) is 9.64. The van der Waals surface area contributed by atoms with Crippen LogP contribution in [0.2, 0.25) is 0 Å². The number of primary amides is 1. The Balaban J connectivity index is 1.70. The van der Waals surface area contributed by atoms with E-state index in [-0.39, 0.29) is 35.0 Å². The number of aromatic nitrogens is 2. The second-order valence-corrected chi connectivity index (χ2v) is 7.13. The van der Waals surface area contributed by atoms with Gasteiger partial charge in [-0.2, -0.15) is 13.2 Å².